The highest BCUT2D eigenvalue weighted by Crippen LogP contribution is 2.14. The summed E-state index contributed by atoms with van der Waals surface area (Å²) in [4.78, 5) is 0.279. The lowest BCUT2D eigenvalue weighted by molar-refractivity contribution is 0.584. The Hall–Kier alpha value is -1.11. The number of anilines is 1. The maximum Gasteiger partial charge on any atom is 0.240 e. The monoisotopic (exact) mass is 271 g/mol. The summed E-state index contributed by atoms with van der Waals surface area (Å²) in [7, 11) is -3.36. The van der Waals surface area contributed by atoms with E-state index in [9.17, 15) is 8.42 Å². The van der Waals surface area contributed by atoms with Gasteiger partial charge in [0.25, 0.3) is 0 Å². The molecule has 0 saturated heterocycles. The van der Waals surface area contributed by atoms with Gasteiger partial charge in [0, 0.05) is 18.8 Å². The van der Waals surface area contributed by atoms with Gasteiger partial charge in [0.05, 0.1) is 4.90 Å². The first-order valence-corrected chi connectivity index (χ1v) is 7.51. The predicted octanol–water partition coefficient (Wildman–Crippen LogP) is 0.991. The van der Waals surface area contributed by atoms with Crippen LogP contribution in [0.5, 0.6) is 0 Å². The van der Waals surface area contributed by atoms with Crippen LogP contribution in [0.1, 0.15) is 13.8 Å². The summed E-state index contributed by atoms with van der Waals surface area (Å²) in [5.41, 5.74) is 6.42. The largest absolute Gasteiger partial charge is 0.385 e. The van der Waals surface area contributed by atoms with E-state index in [0.29, 0.717) is 19.0 Å². The summed E-state index contributed by atoms with van der Waals surface area (Å²) in [6.07, 6.45) is 0. The topological polar surface area (TPSA) is 84.2 Å². The van der Waals surface area contributed by atoms with E-state index in [1.165, 1.54) is 0 Å². The van der Waals surface area contributed by atoms with Gasteiger partial charge in [-0.05, 0) is 36.7 Å². The van der Waals surface area contributed by atoms with Crippen LogP contribution >= 0.6 is 0 Å². The van der Waals surface area contributed by atoms with E-state index in [1.807, 2.05) is 0 Å². The van der Waals surface area contributed by atoms with Crippen LogP contribution in [0, 0.1) is 5.92 Å². The SMILES string of the molecule is CCNS(=O)(=O)c1ccc(NCC(C)CN)cc1. The quantitative estimate of drug-likeness (QED) is 0.690. The minimum absolute atomic E-state index is 0.279. The van der Waals surface area contributed by atoms with Crippen molar-refractivity contribution in [2.24, 2.45) is 11.7 Å². The van der Waals surface area contributed by atoms with Crippen molar-refractivity contribution in [2.45, 2.75) is 18.7 Å². The van der Waals surface area contributed by atoms with E-state index in [-0.39, 0.29) is 4.90 Å². The molecule has 1 atom stereocenters. The Bertz CT molecular complexity index is 457. The summed E-state index contributed by atoms with van der Waals surface area (Å²) >= 11 is 0. The average molecular weight is 271 g/mol. The first-order valence-electron chi connectivity index (χ1n) is 6.03. The molecule has 0 aromatic heterocycles. The molecule has 0 heterocycles. The van der Waals surface area contributed by atoms with Crippen molar-refractivity contribution in [2.75, 3.05) is 25.0 Å². The summed E-state index contributed by atoms with van der Waals surface area (Å²) in [6, 6.07) is 6.70. The second kappa shape index (κ2) is 6.72. The maximum absolute atomic E-state index is 11.7. The highest BCUT2D eigenvalue weighted by Gasteiger charge is 2.11. The summed E-state index contributed by atoms with van der Waals surface area (Å²) in [5, 5.41) is 3.21. The number of hydrogen-bond acceptors (Lipinski definition) is 4. The van der Waals surface area contributed by atoms with Gasteiger partial charge in [-0.15, -0.1) is 0 Å². The zero-order valence-electron chi connectivity index (χ0n) is 10.8. The normalized spacial score (nSPS) is 13.3. The van der Waals surface area contributed by atoms with E-state index < -0.39 is 10.0 Å². The second-order valence-electron chi connectivity index (χ2n) is 4.25. The van der Waals surface area contributed by atoms with E-state index in [4.69, 9.17) is 5.73 Å². The second-order valence-corrected chi connectivity index (χ2v) is 6.01. The lowest BCUT2D eigenvalue weighted by Gasteiger charge is -2.11. The molecule has 0 aliphatic rings. The van der Waals surface area contributed by atoms with Crippen LogP contribution in [-0.2, 0) is 10.0 Å². The molecular formula is C12H21N3O2S. The molecule has 0 radical (unpaired) electrons. The van der Waals surface area contributed by atoms with Gasteiger partial charge < -0.3 is 11.1 Å². The lowest BCUT2D eigenvalue weighted by atomic mass is 10.2. The van der Waals surface area contributed by atoms with Crippen LogP contribution in [0.4, 0.5) is 5.69 Å². The van der Waals surface area contributed by atoms with Crippen molar-refractivity contribution in [3.63, 3.8) is 0 Å². The molecule has 0 bridgehead atoms. The minimum atomic E-state index is -3.36. The minimum Gasteiger partial charge on any atom is -0.385 e. The molecule has 1 aromatic carbocycles. The third kappa shape index (κ3) is 4.29. The fourth-order valence-corrected chi connectivity index (χ4v) is 2.44. The smallest absolute Gasteiger partial charge is 0.240 e. The Morgan fingerprint density at radius 2 is 1.89 bits per heavy atom. The van der Waals surface area contributed by atoms with Crippen molar-refractivity contribution in [1.82, 2.24) is 4.72 Å². The Kier molecular flexibility index (Phi) is 5.58. The molecular weight excluding hydrogens is 250 g/mol. The van der Waals surface area contributed by atoms with Gasteiger partial charge in [-0.1, -0.05) is 13.8 Å². The Morgan fingerprint density at radius 3 is 2.39 bits per heavy atom. The number of nitrogens with two attached hydrogens (primary N) is 1. The molecule has 0 spiro atoms. The van der Waals surface area contributed by atoms with Crippen molar-refractivity contribution < 1.29 is 8.42 Å². The first-order chi connectivity index (χ1) is 8.49. The summed E-state index contributed by atoms with van der Waals surface area (Å²) in [6.45, 7) is 5.59. The van der Waals surface area contributed by atoms with Crippen molar-refractivity contribution in [1.29, 1.82) is 0 Å². The van der Waals surface area contributed by atoms with E-state index in [2.05, 4.69) is 17.0 Å². The molecule has 0 saturated carbocycles. The molecule has 0 aliphatic carbocycles. The van der Waals surface area contributed by atoms with E-state index in [1.54, 1.807) is 31.2 Å². The number of nitrogens with one attached hydrogen (secondary N) is 2. The van der Waals surface area contributed by atoms with Crippen LogP contribution < -0.4 is 15.8 Å². The van der Waals surface area contributed by atoms with E-state index in [0.717, 1.165) is 12.2 Å². The molecule has 18 heavy (non-hydrogen) atoms. The molecule has 102 valence electrons. The average Bonchev–Trinajstić information content (AvgIpc) is 2.36. The van der Waals surface area contributed by atoms with Crippen molar-refractivity contribution in [3.05, 3.63) is 24.3 Å². The Morgan fingerprint density at radius 1 is 1.28 bits per heavy atom. The third-order valence-corrected chi connectivity index (χ3v) is 4.12. The molecule has 1 aromatic rings. The van der Waals surface area contributed by atoms with Crippen LogP contribution in [0.25, 0.3) is 0 Å². The van der Waals surface area contributed by atoms with Crippen LogP contribution in [0.2, 0.25) is 0 Å². The fourth-order valence-electron chi connectivity index (χ4n) is 1.40. The first kappa shape index (κ1) is 14.9. The Labute approximate surface area is 109 Å². The Balaban J connectivity index is 2.68. The molecule has 4 N–H and O–H groups in total. The molecule has 6 heteroatoms. The van der Waals surface area contributed by atoms with Gasteiger partial charge >= 0.3 is 0 Å². The molecule has 0 amide bonds. The number of sulfonamides is 1. The number of benzene rings is 1. The molecule has 0 aliphatic heterocycles. The molecule has 0 fully saturated rings. The highest BCUT2D eigenvalue weighted by molar-refractivity contribution is 7.89. The van der Waals surface area contributed by atoms with Gasteiger partial charge in [-0.3, -0.25) is 0 Å². The molecule has 1 rings (SSSR count). The fraction of sp³-hybridized carbons (Fsp3) is 0.500. The van der Waals surface area contributed by atoms with Gasteiger partial charge in [-0.25, -0.2) is 13.1 Å². The van der Waals surface area contributed by atoms with Crippen LogP contribution in [0.3, 0.4) is 0 Å². The number of hydrogen-bond donors (Lipinski definition) is 3. The molecule has 5 nitrogen and oxygen atoms in total. The van der Waals surface area contributed by atoms with Crippen molar-refractivity contribution in [3.8, 4) is 0 Å². The zero-order valence-corrected chi connectivity index (χ0v) is 11.6. The lowest BCUT2D eigenvalue weighted by Crippen LogP contribution is -2.23. The zero-order chi connectivity index (χ0) is 13.6. The standard InChI is InChI=1S/C12H21N3O2S/c1-3-15-18(16,17)12-6-4-11(5-7-12)14-9-10(2)8-13/h4-7,10,14-15H,3,8-9,13H2,1-2H3. The van der Waals surface area contributed by atoms with Gasteiger partial charge in [-0.2, -0.15) is 0 Å². The summed E-state index contributed by atoms with van der Waals surface area (Å²) < 4.78 is 25.9. The van der Waals surface area contributed by atoms with Gasteiger partial charge in [0.1, 0.15) is 0 Å². The van der Waals surface area contributed by atoms with Crippen LogP contribution in [-0.4, -0.2) is 28.1 Å². The number of rotatable bonds is 7. The van der Waals surface area contributed by atoms with Gasteiger partial charge in [0.15, 0.2) is 0 Å². The van der Waals surface area contributed by atoms with Crippen molar-refractivity contribution >= 4 is 15.7 Å². The highest BCUT2D eigenvalue weighted by atomic mass is 32.2. The van der Waals surface area contributed by atoms with Crippen LogP contribution in [0.15, 0.2) is 29.2 Å². The maximum atomic E-state index is 11.7. The van der Waals surface area contributed by atoms with Gasteiger partial charge in [0.2, 0.25) is 10.0 Å². The predicted molar refractivity (Wildman–Crippen MR) is 74.0 cm³/mol. The summed E-state index contributed by atoms with van der Waals surface area (Å²) in [5.74, 6) is 0.384. The van der Waals surface area contributed by atoms with E-state index >= 15 is 0 Å². The third-order valence-electron chi connectivity index (χ3n) is 2.56. The molecule has 1 unspecified atom stereocenters.